The summed E-state index contributed by atoms with van der Waals surface area (Å²) >= 11 is 0. The lowest BCUT2D eigenvalue weighted by Gasteiger charge is -2.25. The van der Waals surface area contributed by atoms with E-state index in [0.29, 0.717) is 12.0 Å². The van der Waals surface area contributed by atoms with Crippen LogP contribution in [0.5, 0.6) is 0 Å². The highest BCUT2D eigenvalue weighted by Crippen LogP contribution is 2.34. The molecule has 1 saturated heterocycles. The van der Waals surface area contributed by atoms with Crippen molar-refractivity contribution in [1.29, 1.82) is 0 Å². The van der Waals surface area contributed by atoms with E-state index in [9.17, 15) is 0 Å². The Hall–Kier alpha value is -1.16. The van der Waals surface area contributed by atoms with Crippen LogP contribution >= 0.6 is 0 Å². The molecule has 2 aliphatic rings. The maximum absolute atomic E-state index is 4.73. The first-order valence-corrected chi connectivity index (χ1v) is 6.62. The summed E-state index contributed by atoms with van der Waals surface area (Å²) in [6, 6.07) is 2.65. The molecule has 0 unspecified atom stereocenters. The number of nitrogens with one attached hydrogen (secondary N) is 1. The second-order valence-electron chi connectivity index (χ2n) is 5.12. The van der Waals surface area contributed by atoms with E-state index in [0.717, 1.165) is 24.7 Å². The summed E-state index contributed by atoms with van der Waals surface area (Å²) in [5.41, 5.74) is 0. The van der Waals surface area contributed by atoms with Gasteiger partial charge in [-0.15, -0.1) is 0 Å². The van der Waals surface area contributed by atoms with Crippen LogP contribution in [0.1, 0.15) is 37.4 Å². The van der Waals surface area contributed by atoms with Crippen molar-refractivity contribution in [2.45, 2.75) is 37.6 Å². The van der Waals surface area contributed by atoms with E-state index < -0.39 is 0 Å². The molecule has 4 heteroatoms. The minimum absolute atomic E-state index is 0.608. The molecule has 1 aliphatic heterocycles. The molecule has 2 heterocycles. The van der Waals surface area contributed by atoms with Crippen LogP contribution in [-0.2, 0) is 0 Å². The normalized spacial score (nSPS) is 25.0. The summed E-state index contributed by atoms with van der Waals surface area (Å²) in [5, 5.41) is 3.34. The molecule has 0 spiro atoms. The molecule has 3 rings (SSSR count). The Morgan fingerprint density at radius 2 is 2.24 bits per heavy atom. The molecule has 1 atom stereocenters. The fourth-order valence-corrected chi connectivity index (χ4v) is 2.61. The first-order valence-electron chi connectivity index (χ1n) is 6.62. The number of hydrogen-bond acceptors (Lipinski definition) is 4. The Morgan fingerprint density at radius 3 is 2.88 bits per heavy atom. The third-order valence-corrected chi connectivity index (χ3v) is 4.05. The summed E-state index contributed by atoms with van der Waals surface area (Å²) in [6.45, 7) is 2.17. The summed E-state index contributed by atoms with van der Waals surface area (Å²) < 4.78 is 0. The number of anilines is 1. The molecule has 1 aliphatic carbocycles. The maximum atomic E-state index is 4.73. The van der Waals surface area contributed by atoms with E-state index in [2.05, 4.69) is 15.2 Å². The monoisotopic (exact) mass is 232 g/mol. The van der Waals surface area contributed by atoms with Gasteiger partial charge in [0.1, 0.15) is 11.6 Å². The van der Waals surface area contributed by atoms with Crippen molar-refractivity contribution in [3.05, 3.63) is 18.1 Å². The van der Waals surface area contributed by atoms with Crippen LogP contribution in [0.2, 0.25) is 0 Å². The average Bonchev–Trinajstić information content (AvgIpc) is 2.75. The van der Waals surface area contributed by atoms with E-state index in [-0.39, 0.29) is 0 Å². The molecule has 0 amide bonds. The Balaban J connectivity index is 1.74. The third-order valence-electron chi connectivity index (χ3n) is 4.05. The molecule has 1 N–H and O–H groups in total. The molecule has 2 fully saturated rings. The van der Waals surface area contributed by atoms with Crippen molar-refractivity contribution < 1.29 is 0 Å². The fourth-order valence-electron chi connectivity index (χ4n) is 2.61. The van der Waals surface area contributed by atoms with E-state index >= 15 is 0 Å². The maximum Gasteiger partial charge on any atom is 0.133 e. The molecule has 0 bridgehead atoms. The van der Waals surface area contributed by atoms with Gasteiger partial charge in [0.25, 0.3) is 0 Å². The van der Waals surface area contributed by atoms with Gasteiger partial charge in [-0.2, -0.15) is 0 Å². The molecule has 1 saturated carbocycles. The topological polar surface area (TPSA) is 41.0 Å². The highest BCUT2D eigenvalue weighted by Gasteiger charge is 2.25. The first kappa shape index (κ1) is 11.0. The highest BCUT2D eigenvalue weighted by molar-refractivity contribution is 5.39. The number of rotatable bonds is 3. The van der Waals surface area contributed by atoms with Crippen LogP contribution < -0.4 is 10.2 Å². The minimum Gasteiger partial charge on any atom is -0.355 e. The number of likely N-dealkylation sites (N-methyl/N-ethyl adjacent to an activating group) is 1. The lowest BCUT2D eigenvalue weighted by atomic mass is 9.85. The van der Waals surface area contributed by atoms with Gasteiger partial charge in [0, 0.05) is 31.2 Å². The van der Waals surface area contributed by atoms with Gasteiger partial charge >= 0.3 is 0 Å². The van der Waals surface area contributed by atoms with Gasteiger partial charge in [0.05, 0.1) is 0 Å². The molecule has 0 aromatic carbocycles. The lowest BCUT2D eigenvalue weighted by molar-refractivity contribution is 0.401. The van der Waals surface area contributed by atoms with Crippen molar-refractivity contribution in [3.63, 3.8) is 0 Å². The zero-order valence-electron chi connectivity index (χ0n) is 10.4. The number of hydrogen-bond donors (Lipinski definition) is 1. The molecular weight excluding hydrogens is 212 g/mol. The van der Waals surface area contributed by atoms with Crippen molar-refractivity contribution in [2.75, 3.05) is 25.0 Å². The van der Waals surface area contributed by atoms with Gasteiger partial charge in [-0.1, -0.05) is 6.42 Å². The SMILES string of the molecule is CN[C@@H]1CCN(c2ccnc(C3CCC3)n2)C1. The van der Waals surface area contributed by atoms with Crippen LogP contribution in [0.4, 0.5) is 5.82 Å². The van der Waals surface area contributed by atoms with Crippen LogP contribution in [0, 0.1) is 0 Å². The molecular formula is C13H20N4. The van der Waals surface area contributed by atoms with Crippen molar-refractivity contribution in [3.8, 4) is 0 Å². The fraction of sp³-hybridized carbons (Fsp3) is 0.692. The van der Waals surface area contributed by atoms with Gasteiger partial charge in [-0.3, -0.25) is 0 Å². The first-order chi connectivity index (χ1) is 8.36. The molecule has 17 heavy (non-hydrogen) atoms. The molecule has 4 nitrogen and oxygen atoms in total. The number of aromatic nitrogens is 2. The molecule has 92 valence electrons. The zero-order chi connectivity index (χ0) is 11.7. The molecule has 1 aromatic rings. The van der Waals surface area contributed by atoms with E-state index in [1.54, 1.807) is 0 Å². The Bertz CT molecular complexity index is 389. The van der Waals surface area contributed by atoms with Crippen molar-refractivity contribution in [2.24, 2.45) is 0 Å². The van der Waals surface area contributed by atoms with Crippen LogP contribution in [0.25, 0.3) is 0 Å². The van der Waals surface area contributed by atoms with Gasteiger partial charge in [0.15, 0.2) is 0 Å². The largest absolute Gasteiger partial charge is 0.355 e. The smallest absolute Gasteiger partial charge is 0.133 e. The third kappa shape index (κ3) is 2.14. The summed E-state index contributed by atoms with van der Waals surface area (Å²) in [7, 11) is 2.04. The summed E-state index contributed by atoms with van der Waals surface area (Å²) in [4.78, 5) is 11.5. The van der Waals surface area contributed by atoms with E-state index in [4.69, 9.17) is 4.98 Å². The quantitative estimate of drug-likeness (QED) is 0.858. The zero-order valence-corrected chi connectivity index (χ0v) is 10.4. The van der Waals surface area contributed by atoms with E-state index in [1.807, 2.05) is 19.3 Å². The van der Waals surface area contributed by atoms with Gasteiger partial charge in [-0.25, -0.2) is 9.97 Å². The second-order valence-corrected chi connectivity index (χ2v) is 5.12. The lowest BCUT2D eigenvalue weighted by Crippen LogP contribution is -2.30. The van der Waals surface area contributed by atoms with E-state index in [1.165, 1.54) is 25.7 Å². The Kier molecular flexibility index (Phi) is 2.97. The number of nitrogens with zero attached hydrogens (tertiary/aromatic N) is 3. The van der Waals surface area contributed by atoms with Crippen LogP contribution in [0.15, 0.2) is 12.3 Å². The average molecular weight is 232 g/mol. The van der Waals surface area contributed by atoms with Crippen molar-refractivity contribution >= 4 is 5.82 Å². The second kappa shape index (κ2) is 4.61. The Morgan fingerprint density at radius 1 is 1.35 bits per heavy atom. The van der Waals surface area contributed by atoms with Crippen molar-refractivity contribution in [1.82, 2.24) is 15.3 Å². The van der Waals surface area contributed by atoms with Crippen LogP contribution in [-0.4, -0.2) is 36.1 Å². The Labute approximate surface area is 102 Å². The summed E-state index contributed by atoms with van der Waals surface area (Å²) in [6.07, 6.45) is 7.00. The minimum atomic E-state index is 0.608. The molecule has 0 radical (unpaired) electrons. The van der Waals surface area contributed by atoms with Crippen LogP contribution in [0.3, 0.4) is 0 Å². The highest BCUT2D eigenvalue weighted by atomic mass is 15.2. The predicted octanol–water partition coefficient (Wildman–Crippen LogP) is 1.54. The predicted molar refractivity (Wildman–Crippen MR) is 68.3 cm³/mol. The van der Waals surface area contributed by atoms with Gasteiger partial charge < -0.3 is 10.2 Å². The van der Waals surface area contributed by atoms with Gasteiger partial charge in [-0.05, 0) is 32.4 Å². The summed E-state index contributed by atoms with van der Waals surface area (Å²) in [5.74, 6) is 2.79. The molecule has 1 aromatic heterocycles. The standard InChI is InChI=1S/C13H20N4/c1-14-11-6-8-17(9-11)12-5-7-15-13(16-12)10-3-2-4-10/h5,7,10-11,14H,2-4,6,8-9H2,1H3/t11-/m1/s1. The van der Waals surface area contributed by atoms with Gasteiger partial charge in [0.2, 0.25) is 0 Å².